The standard InChI is InChI=1S/C15H18N2O3S/c18-14(12-9-21-7-5-16-12)17-6-1-2-10-8-11(15(19)20)3-4-13(10)17/h3-4,8,12,16H,1-2,5-7,9H2,(H,19,20). The minimum Gasteiger partial charge on any atom is -0.478 e. The molecule has 2 aliphatic heterocycles. The zero-order valence-electron chi connectivity index (χ0n) is 11.7. The molecule has 112 valence electrons. The summed E-state index contributed by atoms with van der Waals surface area (Å²) >= 11 is 1.80. The Hall–Kier alpha value is -1.53. The van der Waals surface area contributed by atoms with Gasteiger partial charge in [0.25, 0.3) is 0 Å². The number of fused-ring (bicyclic) bond motifs is 1. The van der Waals surface area contributed by atoms with Crippen molar-refractivity contribution in [1.29, 1.82) is 0 Å². The molecule has 3 rings (SSSR count). The molecule has 0 bridgehead atoms. The highest BCUT2D eigenvalue weighted by Gasteiger charge is 2.30. The lowest BCUT2D eigenvalue weighted by molar-refractivity contribution is -0.120. The number of rotatable bonds is 2. The Morgan fingerprint density at radius 2 is 2.24 bits per heavy atom. The summed E-state index contributed by atoms with van der Waals surface area (Å²) in [5, 5.41) is 12.3. The van der Waals surface area contributed by atoms with Crippen molar-refractivity contribution in [2.75, 3.05) is 29.5 Å². The first-order valence-electron chi connectivity index (χ1n) is 7.15. The molecule has 1 atom stereocenters. The number of carbonyl (C=O) groups is 2. The molecule has 5 nitrogen and oxygen atoms in total. The topological polar surface area (TPSA) is 69.6 Å². The van der Waals surface area contributed by atoms with Crippen LogP contribution in [0, 0.1) is 0 Å². The molecule has 0 spiro atoms. The molecule has 1 unspecified atom stereocenters. The second kappa shape index (κ2) is 6.07. The van der Waals surface area contributed by atoms with Crippen LogP contribution in [-0.2, 0) is 11.2 Å². The van der Waals surface area contributed by atoms with Crippen molar-refractivity contribution in [3.05, 3.63) is 29.3 Å². The Labute approximate surface area is 127 Å². The minimum absolute atomic E-state index is 0.103. The van der Waals surface area contributed by atoms with Gasteiger partial charge in [0.15, 0.2) is 0 Å². The van der Waals surface area contributed by atoms with Crippen LogP contribution in [0.1, 0.15) is 22.3 Å². The van der Waals surface area contributed by atoms with E-state index in [2.05, 4.69) is 5.32 Å². The van der Waals surface area contributed by atoms with Crippen LogP contribution in [0.2, 0.25) is 0 Å². The summed E-state index contributed by atoms with van der Waals surface area (Å²) in [5.74, 6) is 1.03. The summed E-state index contributed by atoms with van der Waals surface area (Å²) in [7, 11) is 0. The first-order valence-corrected chi connectivity index (χ1v) is 8.31. The van der Waals surface area contributed by atoms with Crippen molar-refractivity contribution in [1.82, 2.24) is 5.32 Å². The summed E-state index contributed by atoms with van der Waals surface area (Å²) in [6.45, 7) is 1.57. The van der Waals surface area contributed by atoms with E-state index in [-0.39, 0.29) is 17.5 Å². The minimum atomic E-state index is -0.924. The van der Waals surface area contributed by atoms with Gasteiger partial charge in [-0.1, -0.05) is 0 Å². The molecule has 1 amide bonds. The molecule has 21 heavy (non-hydrogen) atoms. The van der Waals surface area contributed by atoms with Gasteiger partial charge in [-0.15, -0.1) is 0 Å². The molecule has 6 heteroatoms. The highest BCUT2D eigenvalue weighted by molar-refractivity contribution is 7.99. The van der Waals surface area contributed by atoms with E-state index in [1.54, 1.807) is 30.0 Å². The molecule has 2 N–H and O–H groups in total. The number of hydrogen-bond acceptors (Lipinski definition) is 4. The predicted molar refractivity (Wildman–Crippen MR) is 83.2 cm³/mol. The Kier molecular flexibility index (Phi) is 4.17. The highest BCUT2D eigenvalue weighted by Crippen LogP contribution is 2.29. The fourth-order valence-corrected chi connectivity index (χ4v) is 3.80. The number of nitrogens with one attached hydrogen (secondary N) is 1. The largest absolute Gasteiger partial charge is 0.478 e. The van der Waals surface area contributed by atoms with Crippen LogP contribution in [0.25, 0.3) is 0 Å². The molecular weight excluding hydrogens is 288 g/mol. The maximum atomic E-state index is 12.7. The van der Waals surface area contributed by atoms with Gasteiger partial charge >= 0.3 is 5.97 Å². The molecule has 2 aliphatic rings. The monoisotopic (exact) mass is 306 g/mol. The van der Waals surface area contributed by atoms with E-state index >= 15 is 0 Å². The number of aryl methyl sites for hydroxylation is 1. The Morgan fingerprint density at radius 1 is 1.38 bits per heavy atom. The molecule has 0 saturated carbocycles. The number of anilines is 1. The van der Waals surface area contributed by atoms with Gasteiger partial charge in [-0.2, -0.15) is 11.8 Å². The number of aromatic carboxylic acids is 1. The van der Waals surface area contributed by atoms with Crippen molar-refractivity contribution in [2.45, 2.75) is 18.9 Å². The van der Waals surface area contributed by atoms with Crippen molar-refractivity contribution in [2.24, 2.45) is 0 Å². The van der Waals surface area contributed by atoms with Gasteiger partial charge in [0.1, 0.15) is 0 Å². The number of carboxylic acid groups (broad SMARTS) is 1. The number of carboxylic acids is 1. The van der Waals surface area contributed by atoms with E-state index in [0.717, 1.165) is 42.1 Å². The number of amides is 1. The van der Waals surface area contributed by atoms with Gasteiger partial charge < -0.3 is 15.3 Å². The first-order chi connectivity index (χ1) is 10.2. The van der Waals surface area contributed by atoms with Crippen molar-refractivity contribution in [3.63, 3.8) is 0 Å². The van der Waals surface area contributed by atoms with Crippen LogP contribution >= 0.6 is 11.8 Å². The number of thioether (sulfide) groups is 1. The van der Waals surface area contributed by atoms with Gasteiger partial charge in [-0.3, -0.25) is 4.79 Å². The van der Waals surface area contributed by atoms with Crippen LogP contribution in [0.4, 0.5) is 5.69 Å². The zero-order valence-corrected chi connectivity index (χ0v) is 12.5. The Morgan fingerprint density at radius 3 is 2.95 bits per heavy atom. The number of benzene rings is 1. The van der Waals surface area contributed by atoms with E-state index in [0.29, 0.717) is 6.54 Å². The summed E-state index contributed by atoms with van der Waals surface area (Å²) < 4.78 is 0. The second-order valence-electron chi connectivity index (χ2n) is 5.32. The highest BCUT2D eigenvalue weighted by atomic mass is 32.2. The fraction of sp³-hybridized carbons (Fsp3) is 0.467. The summed E-state index contributed by atoms with van der Waals surface area (Å²) in [6.07, 6.45) is 1.70. The summed E-state index contributed by atoms with van der Waals surface area (Å²) in [6, 6.07) is 4.91. The van der Waals surface area contributed by atoms with Crippen molar-refractivity contribution >= 4 is 29.3 Å². The number of hydrogen-bond donors (Lipinski definition) is 2. The van der Waals surface area contributed by atoms with Gasteiger partial charge in [-0.05, 0) is 36.6 Å². The molecule has 0 aromatic heterocycles. The third-order valence-corrected chi connectivity index (χ3v) is 4.99. The van der Waals surface area contributed by atoms with Gasteiger partial charge in [-0.25, -0.2) is 4.79 Å². The molecule has 1 aromatic rings. The molecule has 1 saturated heterocycles. The van der Waals surface area contributed by atoms with Crippen LogP contribution in [0.15, 0.2) is 18.2 Å². The average Bonchev–Trinajstić information content (AvgIpc) is 2.54. The quantitative estimate of drug-likeness (QED) is 0.863. The first kappa shape index (κ1) is 14.4. The van der Waals surface area contributed by atoms with Crippen LogP contribution in [0.3, 0.4) is 0 Å². The smallest absolute Gasteiger partial charge is 0.335 e. The molecule has 0 radical (unpaired) electrons. The fourth-order valence-electron chi connectivity index (χ4n) is 2.87. The van der Waals surface area contributed by atoms with E-state index < -0.39 is 5.97 Å². The third-order valence-electron chi connectivity index (χ3n) is 3.93. The molecule has 2 heterocycles. The average molecular weight is 306 g/mol. The third kappa shape index (κ3) is 2.91. The lowest BCUT2D eigenvalue weighted by atomic mass is 9.98. The lowest BCUT2D eigenvalue weighted by Gasteiger charge is -2.34. The van der Waals surface area contributed by atoms with Gasteiger partial charge in [0.2, 0.25) is 5.91 Å². The van der Waals surface area contributed by atoms with E-state index in [1.165, 1.54) is 0 Å². The van der Waals surface area contributed by atoms with Crippen molar-refractivity contribution < 1.29 is 14.7 Å². The van der Waals surface area contributed by atoms with E-state index in [1.807, 2.05) is 4.90 Å². The van der Waals surface area contributed by atoms with Crippen LogP contribution in [0.5, 0.6) is 0 Å². The van der Waals surface area contributed by atoms with E-state index in [4.69, 9.17) is 5.11 Å². The number of carbonyl (C=O) groups excluding carboxylic acids is 1. The molecule has 1 aromatic carbocycles. The maximum absolute atomic E-state index is 12.7. The number of nitrogens with zero attached hydrogens (tertiary/aromatic N) is 1. The van der Waals surface area contributed by atoms with Crippen LogP contribution < -0.4 is 10.2 Å². The zero-order chi connectivity index (χ0) is 14.8. The molecule has 0 aliphatic carbocycles. The second-order valence-corrected chi connectivity index (χ2v) is 6.47. The Bertz CT molecular complexity index is 570. The molecular formula is C15H18N2O3S. The SMILES string of the molecule is O=C(O)c1ccc2c(c1)CCCN2C(=O)C1CSCCN1. The Balaban J connectivity index is 1.86. The lowest BCUT2D eigenvalue weighted by Crippen LogP contribution is -2.52. The van der Waals surface area contributed by atoms with Gasteiger partial charge in [0.05, 0.1) is 11.6 Å². The summed E-state index contributed by atoms with van der Waals surface area (Å²) in [4.78, 5) is 25.5. The molecule has 1 fully saturated rings. The van der Waals surface area contributed by atoms with Crippen molar-refractivity contribution in [3.8, 4) is 0 Å². The predicted octanol–water partition coefficient (Wildman–Crippen LogP) is 1.37. The maximum Gasteiger partial charge on any atom is 0.335 e. The summed E-state index contributed by atoms with van der Waals surface area (Å²) in [5.41, 5.74) is 2.11. The van der Waals surface area contributed by atoms with Gasteiger partial charge in [0, 0.05) is 30.3 Å². The van der Waals surface area contributed by atoms with E-state index in [9.17, 15) is 9.59 Å². The normalized spacial score (nSPS) is 21.7. The van der Waals surface area contributed by atoms with Crippen LogP contribution in [-0.4, -0.2) is 47.6 Å².